The quantitative estimate of drug-likeness (QED) is 0.0828. The zero-order valence-corrected chi connectivity index (χ0v) is 54.8. The number of phenolic OH excluding ortho intramolecular Hbond substituents is 2. The lowest BCUT2D eigenvalue weighted by atomic mass is 10.0. The van der Waals surface area contributed by atoms with Crippen LogP contribution in [0.15, 0.2) is 48.5 Å². The highest BCUT2D eigenvalue weighted by Gasteiger charge is 2.42. The highest BCUT2D eigenvalue weighted by molar-refractivity contribution is 8.01. The fraction of sp³-hybridized carbons (Fsp3) is 0.517. The Hall–Kier alpha value is -9.95. The van der Waals surface area contributed by atoms with Crippen LogP contribution in [0.3, 0.4) is 0 Å². The van der Waals surface area contributed by atoms with Crippen molar-refractivity contribution in [1.29, 1.82) is 0 Å². The maximum atomic E-state index is 14.2. The van der Waals surface area contributed by atoms with Gasteiger partial charge in [-0.25, -0.2) is 0 Å². The maximum absolute atomic E-state index is 14.2. The summed E-state index contributed by atoms with van der Waals surface area (Å²) in [6, 6.07) is -3.19. The first-order valence-corrected chi connectivity index (χ1v) is 33.1. The number of nitrogens with zero attached hydrogens (tertiary/aromatic N) is 2. The Kier molecular flexibility index (Phi) is 29.1. The minimum atomic E-state index is -1.82. The maximum Gasteiger partial charge on any atom is 0.245 e. The zero-order valence-electron chi connectivity index (χ0n) is 53.2. The summed E-state index contributed by atoms with van der Waals surface area (Å²) in [6.07, 6.45) is -1.62. The Morgan fingerprint density at radius 2 is 0.969 bits per heavy atom. The average molecular weight is 1410 g/mol. The number of aliphatic hydroxyl groups excluding tert-OH is 2. The van der Waals surface area contributed by atoms with Crippen molar-refractivity contribution in [2.75, 3.05) is 57.4 Å². The van der Waals surface area contributed by atoms with Crippen LogP contribution in [0.1, 0.15) is 69.9 Å². The molecule has 4 saturated heterocycles. The molecular weight excluding hydrogens is 1330 g/mol. The molecule has 4 aliphatic heterocycles. The van der Waals surface area contributed by atoms with Crippen molar-refractivity contribution in [3.8, 4) is 11.5 Å². The van der Waals surface area contributed by atoms with Gasteiger partial charge in [0.05, 0.1) is 36.8 Å². The van der Waals surface area contributed by atoms with Crippen molar-refractivity contribution in [3.05, 3.63) is 59.7 Å². The van der Waals surface area contributed by atoms with Crippen molar-refractivity contribution in [3.63, 3.8) is 0 Å². The number of hydrogen-bond donors (Lipinski definition) is 17. The SMILES string of the molecule is C[C@@H]1NC(=O)CCN2C(=O)CC(SC[C@@H](C(=O)NCC(=O)NCC(=O)NC3CSC4CC(=O)N(CCC(=O)NCCCC[C@@H](C(N)=O)NC(=O)C(CO)NC(=O)[C@H](Cc5ccc(O)cc5)NC(=O)[C@H](C)NC3=O)C4=O)NC(=O)[C@H](CO)NC(=O)[C@H](Cc3ccc(O)cc3)NC1=O)C2=O. The Balaban J connectivity index is 1.17. The number of hydrogen-bond acceptors (Lipinski definition) is 23. The number of amides is 17. The van der Waals surface area contributed by atoms with Crippen molar-refractivity contribution >= 4 is 124 Å². The van der Waals surface area contributed by atoms with Crippen LogP contribution in [0.2, 0.25) is 0 Å². The predicted molar refractivity (Wildman–Crippen MR) is 343 cm³/mol. The molecule has 0 radical (unpaired) electrons. The van der Waals surface area contributed by atoms with Gasteiger partial charge in [0, 0.05) is 69.7 Å². The van der Waals surface area contributed by atoms with E-state index in [2.05, 4.69) is 63.8 Å². The number of nitrogens with two attached hydrogens (primary N) is 1. The molecule has 18 N–H and O–H groups in total. The van der Waals surface area contributed by atoms with Crippen LogP contribution >= 0.6 is 23.5 Å². The lowest BCUT2D eigenvalue weighted by Gasteiger charge is -2.26. The Labute approximate surface area is 568 Å². The summed E-state index contributed by atoms with van der Waals surface area (Å²) in [5, 5.41) is 66.7. The number of carbonyl (C=O) groups excluding carboxylic acids is 17. The predicted octanol–water partition coefficient (Wildman–Crippen LogP) is -8.20. The van der Waals surface area contributed by atoms with Crippen molar-refractivity contribution in [2.45, 2.75) is 137 Å². The molecule has 532 valence electrons. The molecule has 2 aromatic rings. The second kappa shape index (κ2) is 37.0. The molecule has 98 heavy (non-hydrogen) atoms. The number of aromatic hydroxyl groups is 2. The number of imide groups is 2. The number of thioether (sulfide) groups is 2. The van der Waals surface area contributed by atoms with Crippen LogP contribution < -0.4 is 69.5 Å². The molecule has 0 aromatic heterocycles. The number of aliphatic hydroxyl groups is 2. The molecule has 2 aromatic carbocycles. The van der Waals surface area contributed by atoms with Gasteiger partial charge in [-0.15, -0.1) is 23.5 Å². The first-order chi connectivity index (χ1) is 46.5. The van der Waals surface area contributed by atoms with Gasteiger partial charge in [0.2, 0.25) is 100 Å². The van der Waals surface area contributed by atoms with Gasteiger partial charge in [0.15, 0.2) is 0 Å². The van der Waals surface area contributed by atoms with Gasteiger partial charge >= 0.3 is 0 Å². The molecule has 0 spiro atoms. The monoisotopic (exact) mass is 1410 g/mol. The summed E-state index contributed by atoms with van der Waals surface area (Å²) in [6.45, 7) is -2.11. The van der Waals surface area contributed by atoms with Gasteiger partial charge in [0.25, 0.3) is 0 Å². The van der Waals surface area contributed by atoms with Crippen molar-refractivity contribution in [1.82, 2.24) is 73.6 Å². The molecule has 4 bridgehead atoms. The van der Waals surface area contributed by atoms with Crippen LogP contribution in [-0.2, 0) is 94.3 Å². The standard InChI is InChI=1S/C60H79N15O21S2/c1-29-51(87)69-36(19-31-6-10-33(78)11-7-31)54(90)72-39(26-77)57(93)73-40(27-97-42-21-49(85)75(60(42)96)18-15-45(81)65-29)53(89)64-23-46(82)63-24-47(83)67-41-28-98-43-22-48(84)74(59(43)95)17-14-44(80)62-16-4-3-5-35(50(61)86)68-56(92)38(25-76)71-55(91)37(20-32-8-12-34(79)13-9-32)70-52(88)30(2)66-58(41)94/h6-13,29-30,35-43,76-79H,3-5,14-28H2,1-2H3,(H2,61,86)(H,62,80)(H,63,82)(H,64,89)(H,65,81)(H,66,94)(H,67,83)(H,68,92)(H,69,87)(H,70,88)(H,71,91)(H,72,90)(H,73,93)/t29-,30-,35-,36-,37-,38?,39-,40-,41?,42?,43?/m0/s1. The molecular formula is C60H79N15O21S2. The fourth-order valence-corrected chi connectivity index (χ4v) is 12.5. The van der Waals surface area contributed by atoms with Gasteiger partial charge < -0.3 is 90.0 Å². The Morgan fingerprint density at radius 1 is 0.520 bits per heavy atom. The van der Waals surface area contributed by atoms with Gasteiger partial charge in [-0.1, -0.05) is 24.3 Å². The minimum Gasteiger partial charge on any atom is -0.508 e. The third-order valence-corrected chi connectivity index (χ3v) is 18.3. The van der Waals surface area contributed by atoms with Crippen LogP contribution in [0.25, 0.3) is 0 Å². The van der Waals surface area contributed by atoms with E-state index in [-0.39, 0.29) is 63.1 Å². The summed E-state index contributed by atoms with van der Waals surface area (Å²) in [4.78, 5) is 231. The lowest BCUT2D eigenvalue weighted by molar-refractivity contribution is -0.140. The molecule has 17 amide bonds. The molecule has 4 unspecified atom stereocenters. The third kappa shape index (κ3) is 23.1. The average Bonchev–Trinajstić information content (AvgIpc) is 1.60. The normalized spacial score (nSPS) is 26.2. The molecule has 11 atom stereocenters. The van der Waals surface area contributed by atoms with E-state index in [9.17, 15) is 102 Å². The number of rotatable bonds is 13. The number of primary amides is 1. The summed E-state index contributed by atoms with van der Waals surface area (Å²) in [7, 11) is 0. The largest absolute Gasteiger partial charge is 0.508 e. The van der Waals surface area contributed by atoms with Crippen LogP contribution in [0.5, 0.6) is 11.5 Å². The number of benzene rings is 2. The molecule has 0 aliphatic carbocycles. The molecule has 6 rings (SSSR count). The van der Waals surface area contributed by atoms with E-state index in [1.165, 1.54) is 62.4 Å². The molecule has 0 saturated carbocycles. The van der Waals surface area contributed by atoms with Crippen LogP contribution in [0.4, 0.5) is 0 Å². The Morgan fingerprint density at radius 3 is 1.47 bits per heavy atom. The third-order valence-electron chi connectivity index (χ3n) is 15.7. The number of fused-ring (bicyclic) bond motifs is 4. The van der Waals surface area contributed by atoms with E-state index < -0.39 is 229 Å². The first kappa shape index (κ1) is 77.1. The van der Waals surface area contributed by atoms with E-state index in [1.54, 1.807) is 0 Å². The summed E-state index contributed by atoms with van der Waals surface area (Å²) < 4.78 is 0. The molecule has 4 heterocycles. The number of carbonyl (C=O) groups is 17. The summed E-state index contributed by atoms with van der Waals surface area (Å²) >= 11 is 1.49. The van der Waals surface area contributed by atoms with E-state index in [0.717, 1.165) is 33.3 Å². The smallest absolute Gasteiger partial charge is 0.245 e. The fourth-order valence-electron chi connectivity index (χ4n) is 10.1. The molecule has 4 aliphatic rings. The van der Waals surface area contributed by atoms with Crippen molar-refractivity contribution in [2.24, 2.45) is 5.73 Å². The van der Waals surface area contributed by atoms with E-state index in [0.29, 0.717) is 11.1 Å². The van der Waals surface area contributed by atoms with Gasteiger partial charge in [-0.05, 0) is 68.5 Å². The van der Waals surface area contributed by atoms with Crippen molar-refractivity contribution < 1.29 is 102 Å². The summed E-state index contributed by atoms with van der Waals surface area (Å²) in [5.74, 6) is -16.8. The first-order valence-electron chi connectivity index (χ1n) is 31.0. The number of phenols is 2. The van der Waals surface area contributed by atoms with E-state index >= 15 is 0 Å². The van der Waals surface area contributed by atoms with E-state index in [4.69, 9.17) is 5.73 Å². The number of nitrogens with one attached hydrogen (secondary N) is 12. The second-order valence-electron chi connectivity index (χ2n) is 23.2. The highest BCUT2D eigenvalue weighted by atomic mass is 32.2. The summed E-state index contributed by atoms with van der Waals surface area (Å²) in [5.41, 5.74) is 6.32. The second-order valence-corrected chi connectivity index (χ2v) is 25.6. The minimum absolute atomic E-state index is 0.0258. The molecule has 36 nitrogen and oxygen atoms in total. The Bertz CT molecular complexity index is 3370. The zero-order chi connectivity index (χ0) is 71.9. The van der Waals surface area contributed by atoms with Gasteiger partial charge in [0.1, 0.15) is 65.9 Å². The topological polar surface area (TPSA) is 548 Å². The van der Waals surface area contributed by atoms with Crippen LogP contribution in [-0.4, -0.2) is 253 Å². The van der Waals surface area contributed by atoms with Crippen LogP contribution in [0, 0.1) is 0 Å². The highest BCUT2D eigenvalue weighted by Crippen LogP contribution is 2.28. The van der Waals surface area contributed by atoms with Gasteiger partial charge in [-0.3, -0.25) is 91.3 Å². The van der Waals surface area contributed by atoms with Gasteiger partial charge in [-0.2, -0.15) is 0 Å². The van der Waals surface area contributed by atoms with E-state index in [1.807, 2.05) is 0 Å². The lowest BCUT2D eigenvalue weighted by Crippen LogP contribution is -2.60. The molecule has 38 heteroatoms. The molecule has 4 fully saturated rings.